The summed E-state index contributed by atoms with van der Waals surface area (Å²) in [6.45, 7) is 2.84. The molecule has 28 heavy (non-hydrogen) atoms. The summed E-state index contributed by atoms with van der Waals surface area (Å²) in [6.07, 6.45) is 0.660. The summed E-state index contributed by atoms with van der Waals surface area (Å²) in [5, 5.41) is 2.77. The van der Waals surface area contributed by atoms with E-state index in [2.05, 4.69) is 10.3 Å². The predicted molar refractivity (Wildman–Crippen MR) is 104 cm³/mol. The largest absolute Gasteiger partial charge is 0.419 e. The van der Waals surface area contributed by atoms with Crippen molar-refractivity contribution in [2.45, 2.75) is 23.3 Å². The lowest BCUT2D eigenvalue weighted by molar-refractivity contribution is 0.197. The molecule has 2 aromatic carbocycles. The monoisotopic (exact) mass is 404 g/mol. The van der Waals surface area contributed by atoms with Crippen molar-refractivity contribution in [3.63, 3.8) is 0 Å². The van der Waals surface area contributed by atoms with Gasteiger partial charge < -0.3 is 14.5 Å². The number of ether oxygens (including phenoxy) is 1. The first kappa shape index (κ1) is 20.0. The average molecular weight is 404 g/mol. The number of nitrogens with one attached hydrogen (secondary N) is 1. The highest BCUT2D eigenvalue weighted by Gasteiger charge is 2.28. The van der Waals surface area contributed by atoms with Gasteiger partial charge in [-0.15, -0.1) is 0 Å². The van der Waals surface area contributed by atoms with Crippen molar-refractivity contribution >= 4 is 15.7 Å². The summed E-state index contributed by atoms with van der Waals surface area (Å²) in [4.78, 5) is 4.33. The zero-order valence-corrected chi connectivity index (χ0v) is 16.4. The van der Waals surface area contributed by atoms with E-state index in [1.54, 1.807) is 19.2 Å². The van der Waals surface area contributed by atoms with Crippen molar-refractivity contribution in [2.24, 2.45) is 0 Å². The predicted octanol–water partition coefficient (Wildman–Crippen LogP) is 4.07. The summed E-state index contributed by atoms with van der Waals surface area (Å²) in [5.74, 6) is -0.253. The third-order valence-electron chi connectivity index (χ3n) is 4.08. The molecule has 3 aromatic rings. The van der Waals surface area contributed by atoms with Gasteiger partial charge in [-0.1, -0.05) is 17.7 Å². The van der Waals surface area contributed by atoms with Gasteiger partial charge in [0.15, 0.2) is 0 Å². The van der Waals surface area contributed by atoms with Crippen molar-refractivity contribution in [1.29, 1.82) is 0 Å². The lowest BCUT2D eigenvalue weighted by Crippen LogP contribution is -2.09. The van der Waals surface area contributed by atoms with Crippen LogP contribution in [0.2, 0.25) is 0 Å². The number of hydrogen-bond acceptors (Lipinski definition) is 6. The van der Waals surface area contributed by atoms with Crippen LogP contribution in [0.15, 0.2) is 62.9 Å². The Kier molecular flexibility index (Phi) is 6.11. The first-order valence-electron chi connectivity index (χ1n) is 8.73. The summed E-state index contributed by atoms with van der Waals surface area (Å²) in [6, 6.07) is 12.0. The highest BCUT2D eigenvalue weighted by molar-refractivity contribution is 7.91. The summed E-state index contributed by atoms with van der Waals surface area (Å²) >= 11 is 0. The minimum atomic E-state index is -3.90. The molecule has 0 aliphatic carbocycles. The molecule has 0 bridgehead atoms. The van der Waals surface area contributed by atoms with Gasteiger partial charge in [0.05, 0.1) is 4.90 Å². The number of halogens is 1. The Morgan fingerprint density at radius 1 is 1.11 bits per heavy atom. The van der Waals surface area contributed by atoms with Crippen molar-refractivity contribution < 1.29 is 22.0 Å². The Bertz CT molecular complexity index is 1030. The molecular formula is C20H21FN2O4S. The second-order valence-electron chi connectivity index (χ2n) is 6.25. The standard InChI is InChI=1S/C20H21FN2O4S/c1-14-4-10-17(11-5-14)28(24,25)20-19(22-12-3-13-26-2)27-18(23-20)15-6-8-16(21)9-7-15/h4-11,22H,3,12-13H2,1-2H3. The summed E-state index contributed by atoms with van der Waals surface area (Å²) in [7, 11) is -2.31. The van der Waals surface area contributed by atoms with Gasteiger partial charge >= 0.3 is 0 Å². The van der Waals surface area contributed by atoms with E-state index >= 15 is 0 Å². The highest BCUT2D eigenvalue weighted by atomic mass is 32.2. The molecule has 0 saturated carbocycles. The van der Waals surface area contributed by atoms with Gasteiger partial charge in [-0.25, -0.2) is 12.8 Å². The van der Waals surface area contributed by atoms with Crippen LogP contribution < -0.4 is 5.32 Å². The van der Waals surface area contributed by atoms with Crippen LogP contribution in [0.5, 0.6) is 0 Å². The maximum absolute atomic E-state index is 13.2. The Labute approximate surface area is 163 Å². The van der Waals surface area contributed by atoms with Crippen molar-refractivity contribution in [2.75, 3.05) is 25.6 Å². The smallest absolute Gasteiger partial charge is 0.233 e. The quantitative estimate of drug-likeness (QED) is 0.570. The van der Waals surface area contributed by atoms with Crippen molar-refractivity contribution in [1.82, 2.24) is 4.98 Å². The molecule has 0 spiro atoms. The third-order valence-corrected chi connectivity index (χ3v) is 5.76. The van der Waals surface area contributed by atoms with E-state index in [4.69, 9.17) is 9.15 Å². The molecule has 148 valence electrons. The van der Waals surface area contributed by atoms with Gasteiger partial charge in [-0.3, -0.25) is 0 Å². The number of benzene rings is 2. The molecule has 0 amide bonds. The number of aryl methyl sites for hydroxylation is 1. The van der Waals surface area contributed by atoms with E-state index in [1.807, 2.05) is 6.92 Å². The first-order valence-corrected chi connectivity index (χ1v) is 10.2. The van der Waals surface area contributed by atoms with Crippen LogP contribution in [0, 0.1) is 12.7 Å². The second-order valence-corrected chi connectivity index (χ2v) is 8.11. The molecule has 8 heteroatoms. The lowest BCUT2D eigenvalue weighted by atomic mass is 10.2. The summed E-state index contributed by atoms with van der Waals surface area (Å²) in [5.41, 5.74) is 1.43. The van der Waals surface area contributed by atoms with Gasteiger partial charge in [0.2, 0.25) is 26.6 Å². The molecule has 3 rings (SSSR count). The Balaban J connectivity index is 2.01. The zero-order valence-electron chi connectivity index (χ0n) is 15.6. The minimum Gasteiger partial charge on any atom is -0.419 e. The van der Waals surface area contributed by atoms with Crippen LogP contribution >= 0.6 is 0 Å². The van der Waals surface area contributed by atoms with E-state index in [-0.39, 0.29) is 21.7 Å². The van der Waals surface area contributed by atoms with Crippen LogP contribution in [0.4, 0.5) is 10.3 Å². The fraction of sp³-hybridized carbons (Fsp3) is 0.250. The van der Waals surface area contributed by atoms with Crippen LogP contribution in [0.25, 0.3) is 11.5 Å². The van der Waals surface area contributed by atoms with Crippen molar-refractivity contribution in [3.8, 4) is 11.5 Å². The number of sulfone groups is 1. The highest BCUT2D eigenvalue weighted by Crippen LogP contribution is 2.32. The third kappa shape index (κ3) is 4.40. The van der Waals surface area contributed by atoms with E-state index in [1.165, 1.54) is 36.4 Å². The first-order chi connectivity index (χ1) is 13.4. The van der Waals surface area contributed by atoms with E-state index < -0.39 is 15.7 Å². The molecule has 1 N–H and O–H groups in total. The normalized spacial score (nSPS) is 11.5. The second kappa shape index (κ2) is 8.53. The van der Waals surface area contributed by atoms with Crippen molar-refractivity contribution in [3.05, 3.63) is 59.9 Å². The van der Waals surface area contributed by atoms with Gasteiger partial charge in [-0.05, 0) is 49.7 Å². The molecule has 1 aromatic heterocycles. The molecule has 0 unspecified atom stereocenters. The average Bonchev–Trinajstić information content (AvgIpc) is 3.11. The zero-order chi connectivity index (χ0) is 20.1. The van der Waals surface area contributed by atoms with Gasteiger partial charge in [-0.2, -0.15) is 4.98 Å². The van der Waals surface area contributed by atoms with Gasteiger partial charge in [0, 0.05) is 25.8 Å². The Morgan fingerprint density at radius 3 is 2.43 bits per heavy atom. The number of methoxy groups -OCH3 is 1. The van der Waals surface area contributed by atoms with Crippen LogP contribution in [0.3, 0.4) is 0 Å². The van der Waals surface area contributed by atoms with Crippen LogP contribution in [0.1, 0.15) is 12.0 Å². The van der Waals surface area contributed by atoms with Crippen LogP contribution in [-0.4, -0.2) is 33.7 Å². The SMILES string of the molecule is COCCCNc1oc(-c2ccc(F)cc2)nc1S(=O)(=O)c1ccc(C)cc1. The number of hydrogen-bond donors (Lipinski definition) is 1. The molecule has 0 atom stereocenters. The molecule has 6 nitrogen and oxygen atoms in total. The Hall–Kier alpha value is -2.71. The maximum Gasteiger partial charge on any atom is 0.233 e. The number of rotatable bonds is 8. The number of aromatic nitrogens is 1. The van der Waals surface area contributed by atoms with E-state index in [9.17, 15) is 12.8 Å². The topological polar surface area (TPSA) is 81.4 Å². The summed E-state index contributed by atoms with van der Waals surface area (Å²) < 4.78 is 50.1. The molecular weight excluding hydrogens is 383 g/mol. The molecule has 0 saturated heterocycles. The van der Waals surface area contributed by atoms with Crippen LogP contribution in [-0.2, 0) is 14.6 Å². The number of nitrogens with zero attached hydrogens (tertiary/aromatic N) is 1. The number of anilines is 1. The minimum absolute atomic E-state index is 0.0519. The van der Waals surface area contributed by atoms with E-state index in [0.717, 1.165) is 5.56 Å². The van der Waals surface area contributed by atoms with Gasteiger partial charge in [0.25, 0.3) is 0 Å². The lowest BCUT2D eigenvalue weighted by Gasteiger charge is -2.06. The molecule has 0 aliphatic heterocycles. The number of oxazole rings is 1. The van der Waals surface area contributed by atoms with Gasteiger partial charge in [0.1, 0.15) is 5.82 Å². The fourth-order valence-electron chi connectivity index (χ4n) is 2.56. The maximum atomic E-state index is 13.2. The molecule has 0 aliphatic rings. The molecule has 1 heterocycles. The Morgan fingerprint density at radius 2 is 1.79 bits per heavy atom. The molecule has 0 fully saturated rings. The fourth-order valence-corrected chi connectivity index (χ4v) is 3.84. The van der Waals surface area contributed by atoms with E-state index in [0.29, 0.717) is 25.1 Å². The molecule has 0 radical (unpaired) electrons.